The van der Waals surface area contributed by atoms with Crippen LogP contribution in [0.15, 0.2) is 16.5 Å². The molecule has 1 aromatic rings. The first-order valence-electron chi connectivity index (χ1n) is 10.3. The molecule has 1 aliphatic carbocycles. The number of rotatable bonds is 5. The van der Waals surface area contributed by atoms with Crippen LogP contribution in [0.5, 0.6) is 0 Å². The van der Waals surface area contributed by atoms with Crippen molar-refractivity contribution in [3.05, 3.63) is 23.7 Å². The van der Waals surface area contributed by atoms with E-state index in [1.165, 1.54) is 32.2 Å². The van der Waals surface area contributed by atoms with Crippen LogP contribution in [0.2, 0.25) is 0 Å². The molecule has 1 saturated carbocycles. The third-order valence-corrected chi connectivity index (χ3v) is 6.90. The van der Waals surface area contributed by atoms with E-state index in [1.807, 2.05) is 14.0 Å². The Kier molecular flexibility index (Phi) is 5.69. The molecule has 4 rings (SSSR count). The minimum absolute atomic E-state index is 0.317. The number of ether oxygens (including phenoxy) is 2. The van der Waals surface area contributed by atoms with E-state index in [2.05, 4.69) is 21.9 Å². The predicted molar refractivity (Wildman–Crippen MR) is 101 cm³/mol. The third kappa shape index (κ3) is 3.86. The molecule has 3 heterocycles. The average Bonchev–Trinajstić information content (AvgIpc) is 3.07. The minimum Gasteiger partial charge on any atom is -0.465 e. The number of likely N-dealkylation sites (tertiary alicyclic amines) is 1. The Morgan fingerprint density at radius 2 is 2.04 bits per heavy atom. The minimum atomic E-state index is 0.317. The van der Waals surface area contributed by atoms with E-state index in [-0.39, 0.29) is 0 Å². The lowest BCUT2D eigenvalue weighted by atomic mass is 9.62. The maximum Gasteiger partial charge on any atom is 0.118 e. The van der Waals surface area contributed by atoms with Crippen LogP contribution in [0, 0.1) is 18.3 Å². The number of furan rings is 1. The Bertz CT molecular complexity index is 584. The van der Waals surface area contributed by atoms with Crippen molar-refractivity contribution in [2.45, 2.75) is 45.2 Å². The molecule has 3 fully saturated rings. The molecule has 5 heteroatoms. The van der Waals surface area contributed by atoms with Crippen LogP contribution in [0.1, 0.15) is 37.2 Å². The molecular formula is C21H34N2O3. The first kappa shape index (κ1) is 18.5. The molecule has 0 bridgehead atoms. The monoisotopic (exact) mass is 362 g/mol. The van der Waals surface area contributed by atoms with Crippen molar-refractivity contribution in [3.63, 3.8) is 0 Å². The molecular weight excluding hydrogens is 328 g/mol. The topological polar surface area (TPSA) is 38.1 Å². The molecule has 2 saturated heterocycles. The van der Waals surface area contributed by atoms with Gasteiger partial charge in [0, 0.05) is 38.2 Å². The van der Waals surface area contributed by atoms with Crippen LogP contribution in [0.25, 0.3) is 0 Å². The Hall–Kier alpha value is -0.880. The molecule has 0 spiro atoms. The Morgan fingerprint density at radius 1 is 1.19 bits per heavy atom. The number of piperidine rings is 1. The van der Waals surface area contributed by atoms with Gasteiger partial charge in [0.25, 0.3) is 0 Å². The molecule has 146 valence electrons. The fourth-order valence-electron chi connectivity index (χ4n) is 5.57. The molecule has 26 heavy (non-hydrogen) atoms. The SMILES string of the molecule is COC[C@]12CC[C@H](N3CCOCC3)C[C@@H]1CCN(Cc1ccc(C)o1)C2. The number of aryl methyl sites for hydroxylation is 1. The number of methoxy groups -OCH3 is 1. The fraction of sp³-hybridized carbons (Fsp3) is 0.810. The van der Waals surface area contributed by atoms with Gasteiger partial charge in [0.2, 0.25) is 0 Å². The van der Waals surface area contributed by atoms with Crippen LogP contribution in [-0.4, -0.2) is 69.0 Å². The van der Waals surface area contributed by atoms with Gasteiger partial charge in [0.1, 0.15) is 11.5 Å². The van der Waals surface area contributed by atoms with Crippen LogP contribution in [-0.2, 0) is 16.0 Å². The van der Waals surface area contributed by atoms with Gasteiger partial charge in [0.05, 0.1) is 26.4 Å². The lowest BCUT2D eigenvalue weighted by Crippen LogP contribution is -2.56. The lowest BCUT2D eigenvalue weighted by Gasteiger charge is -2.54. The van der Waals surface area contributed by atoms with Crippen LogP contribution in [0.4, 0.5) is 0 Å². The maximum absolute atomic E-state index is 5.82. The molecule has 2 aliphatic heterocycles. The van der Waals surface area contributed by atoms with E-state index < -0.39 is 0 Å². The number of nitrogens with zero attached hydrogens (tertiary/aromatic N) is 2. The highest BCUT2D eigenvalue weighted by Crippen LogP contribution is 2.48. The summed E-state index contributed by atoms with van der Waals surface area (Å²) in [4.78, 5) is 5.26. The largest absolute Gasteiger partial charge is 0.465 e. The van der Waals surface area contributed by atoms with Gasteiger partial charge in [-0.05, 0) is 57.2 Å². The van der Waals surface area contributed by atoms with Gasteiger partial charge in [-0.15, -0.1) is 0 Å². The van der Waals surface area contributed by atoms with Gasteiger partial charge in [-0.2, -0.15) is 0 Å². The van der Waals surface area contributed by atoms with Gasteiger partial charge in [-0.3, -0.25) is 9.80 Å². The molecule has 0 aromatic carbocycles. The van der Waals surface area contributed by atoms with Crippen molar-refractivity contribution in [1.29, 1.82) is 0 Å². The van der Waals surface area contributed by atoms with E-state index in [0.29, 0.717) is 5.41 Å². The molecule has 0 N–H and O–H groups in total. The molecule has 0 radical (unpaired) electrons. The normalized spacial score (nSPS) is 33.9. The van der Waals surface area contributed by atoms with E-state index in [4.69, 9.17) is 13.9 Å². The van der Waals surface area contributed by atoms with Gasteiger partial charge in [0.15, 0.2) is 0 Å². The van der Waals surface area contributed by atoms with Crippen molar-refractivity contribution >= 4 is 0 Å². The summed E-state index contributed by atoms with van der Waals surface area (Å²) in [6.07, 6.45) is 5.19. The number of hydrogen-bond acceptors (Lipinski definition) is 5. The summed E-state index contributed by atoms with van der Waals surface area (Å²) in [5.41, 5.74) is 0.317. The standard InChI is InChI=1S/C21H34N2O3/c1-17-3-4-20(26-17)14-22-8-6-18-13-19(23-9-11-25-12-10-23)5-7-21(18,15-22)16-24-2/h3-4,18-19H,5-16H2,1-2H3/t18-,19-,21+/m0/s1. The quantitative estimate of drug-likeness (QED) is 0.805. The Labute approximate surface area is 157 Å². The van der Waals surface area contributed by atoms with Crippen molar-refractivity contribution < 1.29 is 13.9 Å². The summed E-state index contributed by atoms with van der Waals surface area (Å²) >= 11 is 0. The predicted octanol–water partition coefficient (Wildman–Crippen LogP) is 2.93. The highest BCUT2D eigenvalue weighted by Gasteiger charge is 2.48. The Balaban J connectivity index is 1.42. The Morgan fingerprint density at radius 3 is 2.77 bits per heavy atom. The van der Waals surface area contributed by atoms with E-state index in [1.54, 1.807) is 0 Å². The average molecular weight is 363 g/mol. The van der Waals surface area contributed by atoms with Gasteiger partial charge in [-0.1, -0.05) is 0 Å². The highest BCUT2D eigenvalue weighted by molar-refractivity contribution is 5.07. The zero-order valence-corrected chi connectivity index (χ0v) is 16.4. The second-order valence-electron chi connectivity index (χ2n) is 8.58. The molecule has 5 nitrogen and oxygen atoms in total. The van der Waals surface area contributed by atoms with Gasteiger partial charge < -0.3 is 13.9 Å². The smallest absolute Gasteiger partial charge is 0.118 e. The lowest BCUT2D eigenvalue weighted by molar-refractivity contribution is -0.0879. The number of fused-ring (bicyclic) bond motifs is 1. The van der Waals surface area contributed by atoms with Crippen LogP contribution < -0.4 is 0 Å². The van der Waals surface area contributed by atoms with Crippen molar-refractivity contribution in [2.75, 3.05) is 53.1 Å². The van der Waals surface area contributed by atoms with E-state index >= 15 is 0 Å². The first-order valence-corrected chi connectivity index (χ1v) is 10.3. The summed E-state index contributed by atoms with van der Waals surface area (Å²) in [5.74, 6) is 2.88. The highest BCUT2D eigenvalue weighted by atomic mass is 16.5. The van der Waals surface area contributed by atoms with Crippen LogP contribution >= 0.6 is 0 Å². The number of hydrogen-bond donors (Lipinski definition) is 0. The zero-order chi connectivity index (χ0) is 18.0. The molecule has 0 unspecified atom stereocenters. The summed E-state index contributed by atoms with van der Waals surface area (Å²) in [7, 11) is 1.87. The van der Waals surface area contributed by atoms with Crippen molar-refractivity contribution in [1.82, 2.24) is 9.80 Å². The van der Waals surface area contributed by atoms with E-state index in [0.717, 1.165) is 69.5 Å². The van der Waals surface area contributed by atoms with Crippen LogP contribution in [0.3, 0.4) is 0 Å². The molecule has 1 aromatic heterocycles. The fourth-order valence-corrected chi connectivity index (χ4v) is 5.57. The molecule has 0 amide bonds. The third-order valence-electron chi connectivity index (χ3n) is 6.90. The summed E-state index contributed by atoms with van der Waals surface area (Å²) in [5, 5.41) is 0. The van der Waals surface area contributed by atoms with Crippen molar-refractivity contribution in [2.24, 2.45) is 11.3 Å². The molecule has 3 aliphatic rings. The van der Waals surface area contributed by atoms with E-state index in [9.17, 15) is 0 Å². The van der Waals surface area contributed by atoms with Gasteiger partial charge >= 0.3 is 0 Å². The second-order valence-corrected chi connectivity index (χ2v) is 8.58. The molecule has 3 atom stereocenters. The summed E-state index contributed by atoms with van der Waals surface area (Å²) in [6, 6.07) is 4.94. The van der Waals surface area contributed by atoms with Gasteiger partial charge in [-0.25, -0.2) is 0 Å². The number of morpholine rings is 1. The first-order chi connectivity index (χ1) is 12.7. The maximum atomic E-state index is 5.82. The summed E-state index contributed by atoms with van der Waals surface area (Å²) < 4.78 is 17.1. The second kappa shape index (κ2) is 8.01. The van der Waals surface area contributed by atoms with Crippen molar-refractivity contribution in [3.8, 4) is 0 Å². The zero-order valence-electron chi connectivity index (χ0n) is 16.4. The summed E-state index contributed by atoms with van der Waals surface area (Å²) in [6.45, 7) is 10.2.